The van der Waals surface area contributed by atoms with Crippen molar-refractivity contribution in [2.24, 2.45) is 23.0 Å². The Morgan fingerprint density at radius 1 is 1.44 bits per heavy atom. The van der Waals surface area contributed by atoms with Gasteiger partial charge in [0.2, 0.25) is 0 Å². The number of halogens is 1. The highest BCUT2D eigenvalue weighted by atomic mass is 35.5. The molecule has 1 aromatic rings. The number of pyridine rings is 1. The normalized spacial score (nSPS) is 27.1. The highest BCUT2D eigenvalue weighted by Gasteiger charge is 2.34. The lowest BCUT2D eigenvalue weighted by Gasteiger charge is -2.40. The van der Waals surface area contributed by atoms with Crippen LogP contribution < -0.4 is 5.73 Å². The van der Waals surface area contributed by atoms with Crippen LogP contribution in [0.2, 0.25) is 5.02 Å². The molecule has 1 saturated carbocycles. The molecule has 1 heterocycles. The van der Waals surface area contributed by atoms with E-state index in [9.17, 15) is 0 Å². The largest absolute Gasteiger partial charge is 0.330 e. The predicted molar refractivity (Wildman–Crippen MR) is 76.6 cm³/mol. The van der Waals surface area contributed by atoms with Crippen LogP contribution >= 0.6 is 11.6 Å². The third-order valence-electron chi connectivity index (χ3n) is 4.31. The first kappa shape index (κ1) is 13.8. The number of nitrogens with two attached hydrogens (primary N) is 1. The van der Waals surface area contributed by atoms with Crippen LogP contribution in [0.5, 0.6) is 0 Å². The summed E-state index contributed by atoms with van der Waals surface area (Å²) in [5, 5.41) is 0.789. The monoisotopic (exact) mass is 266 g/mol. The molecular weight excluding hydrogens is 244 g/mol. The fraction of sp³-hybridized carbons (Fsp3) is 0.667. The van der Waals surface area contributed by atoms with Crippen LogP contribution in [0.1, 0.15) is 38.7 Å². The minimum Gasteiger partial charge on any atom is -0.330 e. The molecule has 0 aliphatic heterocycles. The molecule has 0 aromatic carbocycles. The van der Waals surface area contributed by atoms with E-state index in [1.165, 1.54) is 24.8 Å². The van der Waals surface area contributed by atoms with Gasteiger partial charge in [0.15, 0.2) is 0 Å². The van der Waals surface area contributed by atoms with E-state index in [1.54, 1.807) is 6.20 Å². The first-order valence-electron chi connectivity index (χ1n) is 6.80. The fourth-order valence-corrected chi connectivity index (χ4v) is 3.39. The third kappa shape index (κ3) is 3.24. The van der Waals surface area contributed by atoms with Gasteiger partial charge in [-0.05, 0) is 61.1 Å². The lowest BCUT2D eigenvalue weighted by Crippen LogP contribution is -2.35. The van der Waals surface area contributed by atoms with Crippen LogP contribution in [0.15, 0.2) is 18.5 Å². The molecule has 0 amide bonds. The maximum absolute atomic E-state index is 6.21. The number of nitrogens with zero attached hydrogens (tertiary/aromatic N) is 1. The summed E-state index contributed by atoms with van der Waals surface area (Å²) in [6.45, 7) is 5.52. The van der Waals surface area contributed by atoms with Crippen molar-refractivity contribution in [2.75, 3.05) is 6.54 Å². The van der Waals surface area contributed by atoms with Crippen molar-refractivity contribution in [1.82, 2.24) is 4.98 Å². The number of hydrogen-bond acceptors (Lipinski definition) is 2. The highest BCUT2D eigenvalue weighted by Crippen LogP contribution is 2.43. The summed E-state index contributed by atoms with van der Waals surface area (Å²) in [5.74, 6) is 1.29. The molecule has 0 saturated heterocycles. The van der Waals surface area contributed by atoms with Gasteiger partial charge in [0.1, 0.15) is 0 Å². The van der Waals surface area contributed by atoms with Gasteiger partial charge in [-0.3, -0.25) is 4.98 Å². The van der Waals surface area contributed by atoms with Crippen molar-refractivity contribution in [3.8, 4) is 0 Å². The van der Waals surface area contributed by atoms with Crippen molar-refractivity contribution in [3.63, 3.8) is 0 Å². The molecule has 1 aromatic heterocycles. The summed E-state index contributed by atoms with van der Waals surface area (Å²) >= 11 is 6.21. The van der Waals surface area contributed by atoms with Crippen LogP contribution in [0, 0.1) is 17.3 Å². The van der Waals surface area contributed by atoms with Crippen molar-refractivity contribution in [1.29, 1.82) is 0 Å². The summed E-state index contributed by atoms with van der Waals surface area (Å²) in [5.41, 5.74) is 7.58. The zero-order valence-corrected chi connectivity index (χ0v) is 12.1. The van der Waals surface area contributed by atoms with E-state index < -0.39 is 0 Å². The maximum Gasteiger partial charge on any atom is 0.0621 e. The van der Waals surface area contributed by atoms with Gasteiger partial charge in [0.25, 0.3) is 0 Å². The van der Waals surface area contributed by atoms with E-state index in [2.05, 4.69) is 18.8 Å². The Bertz CT molecular complexity index is 403. The van der Waals surface area contributed by atoms with Gasteiger partial charge >= 0.3 is 0 Å². The Kier molecular flexibility index (Phi) is 4.29. The second-order valence-electron chi connectivity index (χ2n) is 6.33. The van der Waals surface area contributed by atoms with Crippen molar-refractivity contribution < 1.29 is 0 Å². The lowest BCUT2D eigenvalue weighted by molar-refractivity contribution is 0.121. The van der Waals surface area contributed by atoms with Crippen LogP contribution in [-0.4, -0.2) is 11.5 Å². The highest BCUT2D eigenvalue weighted by molar-refractivity contribution is 6.31. The van der Waals surface area contributed by atoms with Gasteiger partial charge < -0.3 is 5.73 Å². The Morgan fingerprint density at radius 3 is 2.89 bits per heavy atom. The summed E-state index contributed by atoms with van der Waals surface area (Å²) in [4.78, 5) is 4.05. The molecule has 2 nitrogen and oxygen atoms in total. The first-order chi connectivity index (χ1) is 8.52. The predicted octanol–water partition coefficient (Wildman–Crippen LogP) is 3.68. The molecule has 0 spiro atoms. The Hall–Kier alpha value is -0.600. The second-order valence-corrected chi connectivity index (χ2v) is 6.74. The molecule has 2 N–H and O–H groups in total. The molecule has 1 aliphatic rings. The Labute approximate surface area is 115 Å². The average molecular weight is 267 g/mol. The first-order valence-corrected chi connectivity index (χ1v) is 7.18. The molecule has 2 rings (SSSR count). The van der Waals surface area contributed by atoms with E-state index in [0.29, 0.717) is 17.3 Å². The van der Waals surface area contributed by atoms with E-state index in [-0.39, 0.29) is 0 Å². The number of hydrogen-bond donors (Lipinski definition) is 1. The smallest absolute Gasteiger partial charge is 0.0621 e. The quantitative estimate of drug-likeness (QED) is 0.906. The average Bonchev–Trinajstić information content (AvgIpc) is 2.31. The van der Waals surface area contributed by atoms with Crippen LogP contribution in [0.3, 0.4) is 0 Å². The van der Waals surface area contributed by atoms with Gasteiger partial charge in [0, 0.05) is 12.4 Å². The number of rotatable bonds is 3. The maximum atomic E-state index is 6.21. The molecule has 100 valence electrons. The van der Waals surface area contributed by atoms with Crippen molar-refractivity contribution in [3.05, 3.63) is 29.0 Å². The minimum absolute atomic E-state index is 0.440. The molecule has 0 bridgehead atoms. The SMILES string of the molecule is CC1(C)CCC(CN)C(Cc2ccncc2Cl)C1. The van der Waals surface area contributed by atoms with Gasteiger partial charge in [-0.2, -0.15) is 0 Å². The molecule has 18 heavy (non-hydrogen) atoms. The summed E-state index contributed by atoms with van der Waals surface area (Å²) in [6.07, 6.45) is 8.38. The molecule has 0 radical (unpaired) electrons. The minimum atomic E-state index is 0.440. The Morgan fingerprint density at radius 2 is 2.22 bits per heavy atom. The topological polar surface area (TPSA) is 38.9 Å². The molecule has 1 fully saturated rings. The summed E-state index contributed by atoms with van der Waals surface area (Å²) in [7, 11) is 0. The summed E-state index contributed by atoms with van der Waals surface area (Å²) in [6, 6.07) is 2.04. The standard InChI is InChI=1S/C15H23ClN2/c1-15(2)5-3-12(9-17)13(8-15)7-11-4-6-18-10-14(11)16/h4,6,10,12-13H,3,5,7-9,17H2,1-2H3. The van der Waals surface area contributed by atoms with Gasteiger partial charge in [0.05, 0.1) is 5.02 Å². The van der Waals surface area contributed by atoms with Crippen LogP contribution in [-0.2, 0) is 6.42 Å². The van der Waals surface area contributed by atoms with Crippen molar-refractivity contribution >= 4 is 11.6 Å². The fourth-order valence-electron chi connectivity index (χ4n) is 3.19. The van der Waals surface area contributed by atoms with E-state index in [0.717, 1.165) is 18.0 Å². The Balaban J connectivity index is 2.12. The van der Waals surface area contributed by atoms with Crippen LogP contribution in [0.25, 0.3) is 0 Å². The molecule has 2 unspecified atom stereocenters. The molecule has 2 atom stereocenters. The number of aromatic nitrogens is 1. The molecular formula is C15H23ClN2. The van der Waals surface area contributed by atoms with E-state index >= 15 is 0 Å². The zero-order valence-electron chi connectivity index (χ0n) is 11.3. The third-order valence-corrected chi connectivity index (χ3v) is 4.65. The second kappa shape index (κ2) is 5.58. The van der Waals surface area contributed by atoms with E-state index in [1.807, 2.05) is 12.3 Å². The van der Waals surface area contributed by atoms with E-state index in [4.69, 9.17) is 17.3 Å². The van der Waals surface area contributed by atoms with Crippen LogP contribution in [0.4, 0.5) is 0 Å². The van der Waals surface area contributed by atoms with Gasteiger partial charge in [-0.25, -0.2) is 0 Å². The zero-order chi connectivity index (χ0) is 13.2. The summed E-state index contributed by atoms with van der Waals surface area (Å²) < 4.78 is 0. The lowest BCUT2D eigenvalue weighted by atomic mass is 9.65. The molecule has 1 aliphatic carbocycles. The van der Waals surface area contributed by atoms with Gasteiger partial charge in [-0.15, -0.1) is 0 Å². The van der Waals surface area contributed by atoms with Crippen molar-refractivity contribution in [2.45, 2.75) is 39.5 Å². The van der Waals surface area contributed by atoms with Gasteiger partial charge in [-0.1, -0.05) is 25.4 Å². The molecule has 3 heteroatoms.